The van der Waals surface area contributed by atoms with E-state index in [1.165, 1.54) is 54.8 Å². The van der Waals surface area contributed by atoms with Crippen LogP contribution in [0.25, 0.3) is 38.5 Å². The van der Waals surface area contributed by atoms with E-state index in [9.17, 15) is 78.4 Å². The third kappa shape index (κ3) is 8.52. The minimum atomic E-state index is -15.0. The third-order valence-electron chi connectivity index (χ3n) is 12.0. The summed E-state index contributed by atoms with van der Waals surface area (Å²) in [5.74, 6) is 1.99. The van der Waals surface area contributed by atoms with Crippen molar-refractivity contribution in [1.29, 1.82) is 0 Å². The molecule has 1 aliphatic rings. The maximum atomic E-state index is 13.4. The molecule has 0 radical (unpaired) electrons. The predicted octanol–water partition coefficient (Wildman–Crippen LogP) is 17.3. The summed E-state index contributed by atoms with van der Waals surface area (Å²) < 4.78 is 240. The van der Waals surface area contributed by atoms with Gasteiger partial charge in [-0.25, -0.2) is 0 Å². The van der Waals surface area contributed by atoms with Gasteiger partial charge in [-0.15, -0.1) is 0 Å². The molecule has 0 aliphatic carbocycles. The Kier molecular flexibility index (Phi) is 15.4. The van der Waals surface area contributed by atoms with Crippen molar-refractivity contribution in [3.8, 4) is 11.5 Å². The van der Waals surface area contributed by atoms with Gasteiger partial charge >= 0.3 is 121 Å². The molecule has 1 aromatic heterocycles. The van der Waals surface area contributed by atoms with Crippen molar-refractivity contribution in [3.05, 3.63) is 83.7 Å². The zero-order valence-electron chi connectivity index (χ0n) is 38.0. The molecule has 0 unspecified atom stereocenters. The maximum absolute atomic E-state index is 15.0. The molecular formula is C47H49F18N2O2P. The Morgan fingerprint density at radius 2 is 1.00 bits per heavy atom. The fraction of sp³-hybridized carbons (Fsp3) is 0.468. The van der Waals surface area contributed by atoms with Crippen molar-refractivity contribution in [2.75, 3.05) is 19.8 Å². The van der Waals surface area contributed by atoms with Gasteiger partial charge in [0.25, 0.3) is 0 Å². The predicted molar refractivity (Wildman–Crippen MR) is 235 cm³/mol. The number of nitrogens with zero attached hydrogens (tertiary/aromatic N) is 2. The van der Waals surface area contributed by atoms with Gasteiger partial charge in [-0.1, -0.05) is 89.8 Å². The number of rotatable bonds is 19. The van der Waals surface area contributed by atoms with Crippen molar-refractivity contribution < 1.29 is 92.5 Å². The number of alkyl halides is 15. The molecule has 2 heterocycles. The van der Waals surface area contributed by atoms with E-state index in [-0.39, 0.29) is 0 Å². The Labute approximate surface area is 389 Å². The molecule has 5 aromatic rings. The van der Waals surface area contributed by atoms with Gasteiger partial charge in [0.05, 0.1) is 24.2 Å². The summed E-state index contributed by atoms with van der Waals surface area (Å²) in [6, 6.07) is 22.2. The molecule has 0 saturated heterocycles. The Hall–Kier alpha value is -4.88. The Balaban J connectivity index is 0.000000312. The van der Waals surface area contributed by atoms with Crippen LogP contribution in [-0.2, 0) is 6.54 Å². The monoisotopic (exact) mass is 1050 g/mol. The van der Waals surface area contributed by atoms with Crippen LogP contribution in [-0.4, -0.2) is 70.1 Å². The van der Waals surface area contributed by atoms with Gasteiger partial charge in [0.2, 0.25) is 11.4 Å². The Bertz CT molecular complexity index is 2740. The van der Waals surface area contributed by atoms with E-state index >= 15 is 0 Å². The zero-order valence-corrected chi connectivity index (χ0v) is 38.8. The molecule has 0 spiro atoms. The molecule has 0 N–H and O–H groups in total. The molecule has 1 aliphatic heterocycles. The minimum absolute atomic E-state index is 0.759. The fourth-order valence-corrected chi connectivity index (χ4v) is 10.8. The summed E-state index contributed by atoms with van der Waals surface area (Å²) in [5.41, 5.74) is -24.1. The Morgan fingerprint density at radius 3 is 1.49 bits per heavy atom. The second-order valence-electron chi connectivity index (χ2n) is 16.7. The van der Waals surface area contributed by atoms with Crippen LogP contribution in [0.3, 0.4) is 0 Å². The van der Waals surface area contributed by atoms with Gasteiger partial charge in [0, 0.05) is 57.5 Å². The van der Waals surface area contributed by atoms with E-state index in [0.29, 0.717) is 0 Å². The van der Waals surface area contributed by atoms with Gasteiger partial charge in [-0.3, -0.25) is 0 Å². The topological polar surface area (TPSA) is 26.4 Å². The van der Waals surface area contributed by atoms with E-state index in [4.69, 9.17) is 9.47 Å². The van der Waals surface area contributed by atoms with Gasteiger partial charge < -0.3 is 14.0 Å². The van der Waals surface area contributed by atoms with E-state index in [1.54, 1.807) is 0 Å². The van der Waals surface area contributed by atoms with Crippen LogP contribution in [0.15, 0.2) is 72.8 Å². The quantitative estimate of drug-likeness (QED) is 0.0357. The molecule has 4 aromatic carbocycles. The molecule has 23 heteroatoms. The number of aryl methyl sites for hydroxylation is 1. The van der Waals surface area contributed by atoms with Gasteiger partial charge in [-0.2, -0.15) is 4.58 Å². The molecule has 6 rings (SSSR count). The van der Waals surface area contributed by atoms with Gasteiger partial charge in [-0.05, 0) is 49.6 Å². The first-order chi connectivity index (χ1) is 32.3. The third-order valence-corrected chi connectivity index (χ3v) is 16.3. The molecular weight excluding hydrogens is 997 g/mol. The van der Waals surface area contributed by atoms with E-state index < -0.39 is 42.4 Å². The van der Waals surface area contributed by atoms with Gasteiger partial charge in [0.15, 0.2) is 0 Å². The van der Waals surface area contributed by atoms with E-state index in [1.807, 2.05) is 0 Å². The summed E-state index contributed by atoms with van der Waals surface area (Å²) in [5, 5.41) is 7.62. The SMILES string of the molecule is CCCCOc1ccc2c3c(cccc13)C(/C=C/C=c1/c3cccc4c(OCCCC)ccc(c43)n1CCCC)=[N+]2CCCC.FC(F)(F)C(F)(F)[P-](F)(F)(F)(C(F)(F)C(F)(F)F)C(F)(F)C(F)(F)F. The van der Waals surface area contributed by atoms with Crippen molar-refractivity contribution in [2.24, 2.45) is 0 Å². The molecule has 390 valence electrons. The fourth-order valence-electron chi connectivity index (χ4n) is 8.10. The number of halogens is 18. The number of benzene rings is 4. The molecule has 0 amide bonds. The summed E-state index contributed by atoms with van der Waals surface area (Å²) >= 11 is 0. The average Bonchev–Trinajstić information content (AvgIpc) is 3.74. The summed E-state index contributed by atoms with van der Waals surface area (Å²) in [4.78, 5) is 0. The number of unbranched alkanes of at least 4 members (excludes halogenated alkanes) is 4. The van der Waals surface area contributed by atoms with Crippen LogP contribution in [0.4, 0.5) is 84.1 Å². The molecule has 4 nitrogen and oxygen atoms in total. The molecule has 0 atom stereocenters. The van der Waals surface area contributed by atoms with E-state index in [0.717, 1.165) is 89.2 Å². The van der Waals surface area contributed by atoms with Crippen molar-refractivity contribution >= 4 is 56.8 Å². The van der Waals surface area contributed by atoms with Crippen molar-refractivity contribution in [2.45, 2.75) is 121 Å². The summed E-state index contributed by atoms with van der Waals surface area (Å²) in [6.07, 6.45) is -10.2. The van der Waals surface area contributed by atoms with E-state index in [2.05, 4.69) is 116 Å². The van der Waals surface area contributed by atoms with Crippen molar-refractivity contribution in [3.63, 3.8) is 0 Å². The summed E-state index contributed by atoms with van der Waals surface area (Å²) in [6.45, 7) is -2.53. The average molecular weight is 1050 g/mol. The molecule has 0 bridgehead atoms. The number of ether oxygens (including phenoxy) is 2. The van der Waals surface area contributed by atoms with Crippen LogP contribution >= 0.6 is 6.88 Å². The van der Waals surface area contributed by atoms with Crippen molar-refractivity contribution in [1.82, 2.24) is 4.57 Å². The first-order valence-corrected chi connectivity index (χ1v) is 24.5. The molecule has 0 fully saturated rings. The standard InChI is InChI=1S/C41H49N2O2.C6F18P/c1-5-9-26-42-34(30-16-13-18-32-38(44-28-11-7-3)24-22-36(42)40(30)32)20-15-21-35-31-17-14-19-33-39(45-29-12-8-4)25-23-37(41(31)33)43(35)27-10-6-2;7-1(8,9)4(16,17)25(22,23,24,5(18,19)2(10,11)12)6(20,21)3(13,14)15/h13-25H,5-12,26-29H2,1-4H3;/q+1;-1. The number of hydrogen-bond acceptors (Lipinski definition) is 2. The zero-order chi connectivity index (χ0) is 52.6. The number of allylic oxidation sites excluding steroid dienone is 2. The van der Waals surface area contributed by atoms with Gasteiger partial charge in [0.1, 0.15) is 18.0 Å². The first-order valence-electron chi connectivity index (χ1n) is 22.2. The van der Waals surface area contributed by atoms with Crippen LogP contribution in [0, 0.1) is 0 Å². The van der Waals surface area contributed by atoms with Crippen LogP contribution in [0.5, 0.6) is 11.5 Å². The van der Waals surface area contributed by atoms with Crippen LogP contribution in [0.1, 0.15) is 84.6 Å². The first kappa shape index (κ1) is 56.0. The normalized spacial score (nSPS) is 15.6. The molecule has 70 heavy (non-hydrogen) atoms. The number of aromatic nitrogens is 1. The second-order valence-corrected chi connectivity index (χ2v) is 21.0. The second kappa shape index (κ2) is 19.3. The summed E-state index contributed by atoms with van der Waals surface area (Å²) in [7, 11) is 0. The van der Waals surface area contributed by atoms with Crippen LogP contribution < -0.4 is 14.8 Å². The van der Waals surface area contributed by atoms with Crippen LogP contribution in [0.2, 0.25) is 0 Å². The Morgan fingerprint density at radius 1 is 0.543 bits per heavy atom. The number of hydrogen-bond donors (Lipinski definition) is 0. The molecule has 0 saturated carbocycles.